The van der Waals surface area contributed by atoms with Crippen molar-refractivity contribution >= 4 is 16.0 Å². The third-order valence-corrected chi connectivity index (χ3v) is 4.90. The van der Waals surface area contributed by atoms with Crippen molar-refractivity contribution in [1.29, 1.82) is 0 Å². The van der Waals surface area contributed by atoms with Gasteiger partial charge in [0.1, 0.15) is 0 Å². The van der Waals surface area contributed by atoms with Crippen molar-refractivity contribution in [1.82, 2.24) is 4.72 Å². The van der Waals surface area contributed by atoms with Crippen LogP contribution in [0.1, 0.15) is 39.5 Å². The molecule has 0 heterocycles. The molecular formula is C13H25NO5S. The highest BCUT2D eigenvalue weighted by atomic mass is 32.2. The molecule has 0 saturated heterocycles. The minimum atomic E-state index is -3.30. The van der Waals surface area contributed by atoms with E-state index in [0.29, 0.717) is 19.4 Å². The molecule has 0 unspecified atom stereocenters. The fourth-order valence-electron chi connectivity index (χ4n) is 2.32. The Bertz CT molecular complexity index is 399. The number of rotatable bonds is 8. The second-order valence-corrected chi connectivity index (χ2v) is 7.57. The number of sulfonamides is 1. The predicted octanol–water partition coefficient (Wildman–Crippen LogP) is 1.22. The zero-order valence-corrected chi connectivity index (χ0v) is 13.0. The minimum Gasteiger partial charge on any atom is -0.481 e. The highest BCUT2D eigenvalue weighted by Gasteiger charge is 2.26. The van der Waals surface area contributed by atoms with Gasteiger partial charge in [0.2, 0.25) is 10.0 Å². The van der Waals surface area contributed by atoms with Gasteiger partial charge in [-0.1, -0.05) is 0 Å². The van der Waals surface area contributed by atoms with E-state index in [1.807, 2.05) is 13.8 Å². The SMILES string of the molecule is CC(C)OCCS(=O)(=O)NCC1CCC(C(=O)O)CC1. The monoisotopic (exact) mass is 307 g/mol. The Morgan fingerprint density at radius 3 is 2.40 bits per heavy atom. The fraction of sp³-hybridized carbons (Fsp3) is 0.923. The van der Waals surface area contributed by atoms with E-state index in [-0.39, 0.29) is 30.3 Å². The van der Waals surface area contributed by atoms with Gasteiger partial charge in [-0.25, -0.2) is 13.1 Å². The van der Waals surface area contributed by atoms with Crippen molar-refractivity contribution in [2.24, 2.45) is 11.8 Å². The smallest absolute Gasteiger partial charge is 0.306 e. The minimum absolute atomic E-state index is 0.0245. The van der Waals surface area contributed by atoms with Crippen LogP contribution in [0, 0.1) is 11.8 Å². The van der Waals surface area contributed by atoms with E-state index in [0.717, 1.165) is 12.8 Å². The lowest BCUT2D eigenvalue weighted by Crippen LogP contribution is -2.35. The lowest BCUT2D eigenvalue weighted by Gasteiger charge is -2.26. The number of hydrogen-bond donors (Lipinski definition) is 2. The predicted molar refractivity (Wildman–Crippen MR) is 76.0 cm³/mol. The standard InChI is InChI=1S/C13H25NO5S/c1-10(2)19-7-8-20(17,18)14-9-11-3-5-12(6-4-11)13(15)16/h10-12,14H,3-9H2,1-2H3,(H,15,16). The second-order valence-electron chi connectivity index (χ2n) is 5.64. The average Bonchev–Trinajstić information content (AvgIpc) is 2.36. The molecule has 1 aliphatic rings. The topological polar surface area (TPSA) is 92.7 Å². The summed E-state index contributed by atoms with van der Waals surface area (Å²) in [6.45, 7) is 4.32. The van der Waals surface area contributed by atoms with Gasteiger partial charge in [-0.3, -0.25) is 4.79 Å². The van der Waals surface area contributed by atoms with Gasteiger partial charge in [0.15, 0.2) is 0 Å². The van der Waals surface area contributed by atoms with E-state index in [1.54, 1.807) is 0 Å². The summed E-state index contributed by atoms with van der Waals surface area (Å²) in [6.07, 6.45) is 2.83. The molecule has 118 valence electrons. The molecule has 6 nitrogen and oxygen atoms in total. The number of nitrogens with one attached hydrogen (secondary N) is 1. The van der Waals surface area contributed by atoms with Crippen LogP contribution in [0.25, 0.3) is 0 Å². The lowest BCUT2D eigenvalue weighted by molar-refractivity contribution is -0.143. The van der Waals surface area contributed by atoms with E-state index in [9.17, 15) is 13.2 Å². The quantitative estimate of drug-likeness (QED) is 0.703. The van der Waals surface area contributed by atoms with Gasteiger partial charge in [0.05, 0.1) is 24.4 Å². The van der Waals surface area contributed by atoms with Crippen molar-refractivity contribution in [3.63, 3.8) is 0 Å². The zero-order chi connectivity index (χ0) is 15.2. The fourth-order valence-corrected chi connectivity index (χ4v) is 3.27. The van der Waals surface area contributed by atoms with E-state index in [4.69, 9.17) is 9.84 Å². The molecule has 1 saturated carbocycles. The van der Waals surface area contributed by atoms with Gasteiger partial charge in [0, 0.05) is 6.54 Å². The van der Waals surface area contributed by atoms with Crippen LogP contribution in [0.3, 0.4) is 0 Å². The third kappa shape index (κ3) is 6.67. The van der Waals surface area contributed by atoms with E-state index in [1.165, 1.54) is 0 Å². The summed E-state index contributed by atoms with van der Waals surface area (Å²) < 4.78 is 31.3. The van der Waals surface area contributed by atoms with Crippen LogP contribution in [0.15, 0.2) is 0 Å². The summed E-state index contributed by atoms with van der Waals surface area (Å²) in [4.78, 5) is 10.8. The van der Waals surface area contributed by atoms with E-state index < -0.39 is 16.0 Å². The largest absolute Gasteiger partial charge is 0.481 e. The summed E-state index contributed by atoms with van der Waals surface area (Å²) in [5.41, 5.74) is 0. The Balaban J connectivity index is 2.24. The summed E-state index contributed by atoms with van der Waals surface area (Å²) in [6, 6.07) is 0. The molecule has 0 spiro atoms. The van der Waals surface area contributed by atoms with Crippen LogP contribution in [-0.2, 0) is 19.6 Å². The summed E-state index contributed by atoms with van der Waals surface area (Å²) in [5.74, 6) is -0.793. The molecule has 0 aromatic carbocycles. The molecule has 1 fully saturated rings. The van der Waals surface area contributed by atoms with Gasteiger partial charge < -0.3 is 9.84 Å². The molecule has 1 rings (SSSR count). The first-order chi connectivity index (χ1) is 9.30. The molecular weight excluding hydrogens is 282 g/mol. The van der Waals surface area contributed by atoms with E-state index >= 15 is 0 Å². The molecule has 1 aliphatic carbocycles. The normalized spacial score (nSPS) is 23.9. The Hall–Kier alpha value is -0.660. The maximum Gasteiger partial charge on any atom is 0.306 e. The summed E-state index contributed by atoms with van der Waals surface area (Å²) in [5, 5.41) is 8.90. The van der Waals surface area contributed by atoms with Crippen molar-refractivity contribution < 1.29 is 23.1 Å². The average molecular weight is 307 g/mol. The van der Waals surface area contributed by atoms with Gasteiger partial charge in [-0.2, -0.15) is 0 Å². The maximum absolute atomic E-state index is 11.7. The summed E-state index contributed by atoms with van der Waals surface area (Å²) in [7, 11) is -3.30. The van der Waals surface area contributed by atoms with Crippen molar-refractivity contribution in [3.8, 4) is 0 Å². The Labute approximate surface area is 120 Å². The maximum atomic E-state index is 11.7. The first-order valence-corrected chi connectivity index (χ1v) is 8.77. The highest BCUT2D eigenvalue weighted by molar-refractivity contribution is 7.89. The van der Waals surface area contributed by atoms with Crippen LogP contribution in [-0.4, -0.2) is 44.5 Å². The second kappa shape index (κ2) is 7.95. The van der Waals surface area contributed by atoms with E-state index in [2.05, 4.69) is 4.72 Å². The Morgan fingerprint density at radius 1 is 1.30 bits per heavy atom. The van der Waals surface area contributed by atoms with Crippen LogP contribution in [0.2, 0.25) is 0 Å². The highest BCUT2D eigenvalue weighted by Crippen LogP contribution is 2.28. The molecule has 20 heavy (non-hydrogen) atoms. The molecule has 0 amide bonds. The molecule has 0 bridgehead atoms. The number of hydrogen-bond acceptors (Lipinski definition) is 4. The summed E-state index contributed by atoms with van der Waals surface area (Å²) >= 11 is 0. The van der Waals surface area contributed by atoms with Crippen molar-refractivity contribution in [2.75, 3.05) is 18.9 Å². The molecule has 2 N–H and O–H groups in total. The Kier molecular flexibility index (Phi) is 6.91. The van der Waals surface area contributed by atoms with Crippen LogP contribution in [0.4, 0.5) is 0 Å². The molecule has 0 radical (unpaired) electrons. The number of aliphatic carboxylic acids is 1. The molecule has 0 aliphatic heterocycles. The van der Waals surface area contributed by atoms with Gasteiger partial charge in [-0.05, 0) is 45.4 Å². The molecule has 0 aromatic heterocycles. The Morgan fingerprint density at radius 2 is 1.90 bits per heavy atom. The van der Waals surface area contributed by atoms with Gasteiger partial charge >= 0.3 is 5.97 Å². The number of carboxylic acids is 1. The van der Waals surface area contributed by atoms with Gasteiger partial charge in [-0.15, -0.1) is 0 Å². The van der Waals surface area contributed by atoms with Crippen LogP contribution in [0.5, 0.6) is 0 Å². The van der Waals surface area contributed by atoms with Crippen LogP contribution < -0.4 is 4.72 Å². The van der Waals surface area contributed by atoms with Crippen molar-refractivity contribution in [3.05, 3.63) is 0 Å². The number of carbonyl (C=O) groups is 1. The third-order valence-electron chi connectivity index (χ3n) is 3.59. The van der Waals surface area contributed by atoms with Crippen LogP contribution >= 0.6 is 0 Å². The number of carboxylic acid groups (broad SMARTS) is 1. The molecule has 0 aromatic rings. The molecule has 7 heteroatoms. The van der Waals surface area contributed by atoms with Crippen molar-refractivity contribution in [2.45, 2.75) is 45.6 Å². The lowest BCUT2D eigenvalue weighted by atomic mass is 9.82. The first kappa shape index (κ1) is 17.4. The first-order valence-electron chi connectivity index (χ1n) is 7.12. The zero-order valence-electron chi connectivity index (χ0n) is 12.2. The number of ether oxygens (including phenoxy) is 1. The molecule has 0 atom stereocenters. The van der Waals surface area contributed by atoms with Gasteiger partial charge in [0.25, 0.3) is 0 Å².